The van der Waals surface area contributed by atoms with Gasteiger partial charge in [-0.05, 0) is 94.3 Å². The maximum atomic E-state index is 14.1. The van der Waals surface area contributed by atoms with Crippen molar-refractivity contribution in [2.75, 3.05) is 20.1 Å². The van der Waals surface area contributed by atoms with Gasteiger partial charge in [0, 0.05) is 28.4 Å². The molecule has 6 aliphatic carbocycles. The Labute approximate surface area is 215 Å². The summed E-state index contributed by atoms with van der Waals surface area (Å²) in [6, 6.07) is 3.57. The first-order chi connectivity index (χ1) is 17.1. The lowest BCUT2D eigenvalue weighted by Gasteiger charge is -2.71. The molecule has 2 N–H and O–H groups in total. The van der Waals surface area contributed by atoms with Gasteiger partial charge in [0.25, 0.3) is 0 Å². The van der Waals surface area contributed by atoms with Gasteiger partial charge in [-0.1, -0.05) is 39.0 Å². The van der Waals surface area contributed by atoms with Crippen LogP contribution in [0.4, 0.5) is 0 Å². The quantitative estimate of drug-likeness (QED) is 0.410. The monoisotopic (exact) mass is 493 g/mol. The predicted molar refractivity (Wildman–Crippen MR) is 139 cm³/mol. The van der Waals surface area contributed by atoms with Crippen LogP contribution >= 0.6 is 0 Å². The molecule has 1 aromatic rings. The van der Waals surface area contributed by atoms with Crippen molar-refractivity contribution in [1.82, 2.24) is 4.90 Å². The number of aliphatic hydroxyl groups is 2. The minimum atomic E-state index is -0.774. The number of ketones is 1. The molecule has 3 saturated carbocycles. The molecule has 8 atom stereocenters. The lowest BCUT2D eigenvalue weighted by molar-refractivity contribution is -0.175. The number of Topliss-reactive ketones (excluding diaryl/α,β-unsaturated/α-hetero) is 1. The molecule has 196 valence electrons. The highest BCUT2D eigenvalue weighted by Crippen LogP contribution is 2.78. The predicted octanol–water partition coefficient (Wildman–Crippen LogP) is 5.40. The minimum Gasteiger partial charge on any atom is -0.461 e. The van der Waals surface area contributed by atoms with E-state index >= 15 is 0 Å². The van der Waals surface area contributed by atoms with Crippen molar-refractivity contribution in [3.05, 3.63) is 48.0 Å². The van der Waals surface area contributed by atoms with Crippen LogP contribution in [0.1, 0.15) is 82.7 Å². The van der Waals surface area contributed by atoms with Crippen LogP contribution in [0.3, 0.4) is 0 Å². The fourth-order valence-corrected chi connectivity index (χ4v) is 10.0. The van der Waals surface area contributed by atoms with Crippen molar-refractivity contribution in [2.24, 2.45) is 33.5 Å². The summed E-state index contributed by atoms with van der Waals surface area (Å²) in [4.78, 5) is 16.4. The van der Waals surface area contributed by atoms with Crippen LogP contribution in [0.25, 0.3) is 0 Å². The number of hydrogen-bond donors (Lipinski definition) is 2. The molecule has 1 aromatic heterocycles. The molecule has 0 saturated heterocycles. The third-order valence-electron chi connectivity index (χ3n) is 11.8. The van der Waals surface area contributed by atoms with Gasteiger partial charge in [0.1, 0.15) is 0 Å². The highest BCUT2D eigenvalue weighted by molar-refractivity contribution is 6.08. The number of likely N-dealkylation sites (N-methyl/N-ethyl adjacent to an activating group) is 1. The van der Waals surface area contributed by atoms with Crippen molar-refractivity contribution in [3.63, 3.8) is 0 Å². The lowest BCUT2D eigenvalue weighted by atomic mass is 9.32. The van der Waals surface area contributed by atoms with Gasteiger partial charge >= 0.3 is 0 Å². The molecule has 2 bridgehead atoms. The first-order valence-electron chi connectivity index (χ1n) is 14.2. The van der Waals surface area contributed by atoms with Crippen LogP contribution in [-0.2, 0) is 0 Å². The summed E-state index contributed by atoms with van der Waals surface area (Å²) < 4.78 is 5.65. The molecule has 0 aromatic carbocycles. The number of fused-ring (bicyclic) bond motifs is 1. The summed E-state index contributed by atoms with van der Waals surface area (Å²) >= 11 is 0. The van der Waals surface area contributed by atoms with Crippen molar-refractivity contribution in [2.45, 2.75) is 83.8 Å². The average molecular weight is 494 g/mol. The van der Waals surface area contributed by atoms with E-state index in [2.05, 4.69) is 50.9 Å². The first-order valence-corrected chi connectivity index (χ1v) is 14.2. The zero-order chi connectivity index (χ0) is 25.6. The Morgan fingerprint density at radius 1 is 1.11 bits per heavy atom. The van der Waals surface area contributed by atoms with Crippen molar-refractivity contribution >= 4 is 5.78 Å². The molecule has 2 spiro atoms. The summed E-state index contributed by atoms with van der Waals surface area (Å²) in [5.74, 6) is 0.883. The molecule has 0 radical (unpaired) electrons. The second-order valence-corrected chi connectivity index (χ2v) is 13.4. The number of aliphatic hydroxyl groups excluding tert-OH is 1. The summed E-state index contributed by atoms with van der Waals surface area (Å²) in [5.41, 5.74) is -0.917. The van der Waals surface area contributed by atoms with E-state index in [0.717, 1.165) is 57.1 Å². The third kappa shape index (κ3) is 2.91. The van der Waals surface area contributed by atoms with E-state index in [9.17, 15) is 15.0 Å². The van der Waals surface area contributed by atoms with Gasteiger partial charge in [0.05, 0.1) is 18.0 Å². The van der Waals surface area contributed by atoms with E-state index in [-0.39, 0.29) is 34.1 Å². The highest BCUT2D eigenvalue weighted by Gasteiger charge is 2.74. The summed E-state index contributed by atoms with van der Waals surface area (Å²) in [7, 11) is 2.12. The maximum Gasteiger partial charge on any atom is 0.224 e. The largest absolute Gasteiger partial charge is 0.461 e. The Morgan fingerprint density at radius 2 is 1.83 bits per heavy atom. The van der Waals surface area contributed by atoms with Gasteiger partial charge in [-0.25, -0.2) is 0 Å². The van der Waals surface area contributed by atoms with Crippen LogP contribution in [-0.4, -0.2) is 52.7 Å². The second kappa shape index (κ2) is 7.91. The van der Waals surface area contributed by atoms with Crippen LogP contribution < -0.4 is 0 Å². The minimum absolute atomic E-state index is 0.00500. The number of nitrogens with zero attached hydrogens (tertiary/aromatic N) is 1. The molecule has 8 unspecified atom stereocenters. The van der Waals surface area contributed by atoms with Crippen LogP contribution in [0, 0.1) is 33.5 Å². The number of rotatable bonds is 6. The molecule has 36 heavy (non-hydrogen) atoms. The highest BCUT2D eigenvalue weighted by atomic mass is 16.3. The van der Waals surface area contributed by atoms with Gasteiger partial charge in [-0.15, -0.1) is 0 Å². The van der Waals surface area contributed by atoms with Gasteiger partial charge in [-0.2, -0.15) is 0 Å². The Bertz CT molecular complexity index is 1110. The molecule has 5 nitrogen and oxygen atoms in total. The zero-order valence-corrected chi connectivity index (χ0v) is 22.4. The topological polar surface area (TPSA) is 73.9 Å². The lowest BCUT2D eigenvalue weighted by Crippen LogP contribution is -2.67. The molecule has 3 fully saturated rings. The number of allylic oxidation sites excluding steroid dienone is 4. The first kappa shape index (κ1) is 24.6. The maximum absolute atomic E-state index is 14.1. The number of carbonyl (C=O) groups is 1. The average Bonchev–Trinajstić information content (AvgIpc) is 3.45. The van der Waals surface area contributed by atoms with Crippen LogP contribution in [0.15, 0.2) is 46.6 Å². The third-order valence-corrected chi connectivity index (χ3v) is 11.8. The molecular weight excluding hydrogens is 450 g/mol. The van der Waals surface area contributed by atoms with Crippen LogP contribution in [0.5, 0.6) is 0 Å². The number of furan rings is 1. The van der Waals surface area contributed by atoms with E-state index in [4.69, 9.17) is 4.42 Å². The Balaban J connectivity index is 1.51. The summed E-state index contributed by atoms with van der Waals surface area (Å²) in [5, 5.41) is 23.0. The normalized spacial score (nSPS) is 46.9. The van der Waals surface area contributed by atoms with Crippen LogP contribution in [0.2, 0.25) is 0 Å². The van der Waals surface area contributed by atoms with Gasteiger partial charge < -0.3 is 19.5 Å². The molecule has 7 rings (SSSR count). The Kier molecular flexibility index (Phi) is 5.41. The van der Waals surface area contributed by atoms with Crippen molar-refractivity contribution in [1.29, 1.82) is 0 Å². The molecule has 0 aliphatic heterocycles. The van der Waals surface area contributed by atoms with E-state index in [1.807, 2.05) is 0 Å². The van der Waals surface area contributed by atoms with E-state index in [1.165, 1.54) is 0 Å². The number of hydrogen-bond acceptors (Lipinski definition) is 5. The fraction of sp³-hybridized carbons (Fsp3) is 0.710. The van der Waals surface area contributed by atoms with Gasteiger partial charge in [-0.3, -0.25) is 4.79 Å². The molecule has 5 heteroatoms. The zero-order valence-electron chi connectivity index (χ0n) is 22.4. The van der Waals surface area contributed by atoms with Gasteiger partial charge in [0.15, 0.2) is 5.76 Å². The van der Waals surface area contributed by atoms with Gasteiger partial charge in [0.2, 0.25) is 5.78 Å². The molecular formula is C31H43NO4. The SMILES string of the molecule is CCCN(C)CC1(O)CCC2C34C=CC5(C=C3C(=O)c3ccco3)CC(O)CCC5(C)C4CCC21C. The fourth-order valence-electron chi connectivity index (χ4n) is 10.0. The van der Waals surface area contributed by atoms with E-state index < -0.39 is 11.0 Å². The standard InChI is InChI=1S/C31H43NO4/c1-5-16-32(4)20-30(35)13-10-25-28(30,3)12-9-24-27(2)11-8-21(33)18-29(27)14-15-31(24,25)22(19-29)26(34)23-7-6-17-36-23/h6-7,14-15,17,19,21,24-25,33,35H,5,8-13,16,18,20H2,1-4H3. The molecule has 6 aliphatic rings. The summed E-state index contributed by atoms with van der Waals surface area (Å²) in [6.07, 6.45) is 15.4. The van der Waals surface area contributed by atoms with Crippen molar-refractivity contribution in [3.8, 4) is 0 Å². The van der Waals surface area contributed by atoms with Crippen molar-refractivity contribution < 1.29 is 19.4 Å². The van der Waals surface area contributed by atoms with E-state index in [1.54, 1.807) is 18.4 Å². The molecule has 1 heterocycles. The molecule has 0 amide bonds. The Morgan fingerprint density at radius 3 is 2.56 bits per heavy atom. The Hall–Kier alpha value is -1.69. The number of carbonyl (C=O) groups excluding carboxylic acids is 1. The second-order valence-electron chi connectivity index (χ2n) is 13.4. The summed E-state index contributed by atoms with van der Waals surface area (Å²) in [6.45, 7) is 8.57. The smallest absolute Gasteiger partial charge is 0.224 e. The van der Waals surface area contributed by atoms with E-state index in [0.29, 0.717) is 24.6 Å².